The summed E-state index contributed by atoms with van der Waals surface area (Å²) >= 11 is 0. The molecular weight excluding hydrogens is 110 g/mol. The van der Waals surface area contributed by atoms with Crippen LogP contribution in [0.5, 0.6) is 0 Å². The van der Waals surface area contributed by atoms with Gasteiger partial charge in [-0.3, -0.25) is 0 Å². The van der Waals surface area contributed by atoms with Crippen molar-refractivity contribution in [3.05, 3.63) is 0 Å². The molecule has 2 rings (SSSR count). The smallest absolute Gasteiger partial charge is 0 e. The van der Waals surface area contributed by atoms with Gasteiger partial charge in [-0.25, -0.2) is 0 Å². The second-order valence-corrected chi connectivity index (χ2v) is 3.74. The molecule has 1 spiro atoms. The van der Waals surface area contributed by atoms with E-state index in [0.717, 1.165) is 5.41 Å². The molecule has 2 N–H and O–H groups in total. The summed E-state index contributed by atoms with van der Waals surface area (Å²) in [5.41, 5.74) is 6.11. The second-order valence-electron chi connectivity index (χ2n) is 3.74. The lowest BCUT2D eigenvalue weighted by atomic mass is 10.4. The molecule has 0 aromatic heterocycles. The van der Waals surface area contributed by atoms with Crippen LogP contribution in [0.25, 0.3) is 0 Å². The van der Waals surface area contributed by atoms with Gasteiger partial charge in [0.05, 0.1) is 0 Å². The minimum Gasteiger partial charge on any atom is -0.328 e. The fourth-order valence-corrected chi connectivity index (χ4v) is 0.854. The lowest BCUT2D eigenvalue weighted by Gasteiger charge is -1.81. The van der Waals surface area contributed by atoms with Gasteiger partial charge in [0.2, 0.25) is 0 Å². The van der Waals surface area contributed by atoms with Crippen molar-refractivity contribution < 1.29 is 1.43 Å². The fraction of sp³-hybridized carbons (Fsp3) is 1.00. The predicted octanol–water partition coefficient (Wildman–Crippen LogP) is 2.16. The lowest BCUT2D eigenvalue weighted by Crippen LogP contribution is -2.06. The highest BCUT2D eigenvalue weighted by Crippen LogP contribution is 2.65. The molecule has 0 aromatic rings. The summed E-state index contributed by atoms with van der Waals surface area (Å²) in [6, 6.07) is 0.333. The minimum atomic E-state index is 0. The first-order chi connectivity index (χ1) is 4.15. The predicted molar refractivity (Wildman–Crippen MR) is 42.3 cm³/mol. The Morgan fingerprint density at radius 2 is 1.44 bits per heavy atom. The maximum absolute atomic E-state index is 5.11. The van der Waals surface area contributed by atoms with Gasteiger partial charge in [0.25, 0.3) is 0 Å². The number of rotatable bonds is 0. The third kappa shape index (κ3) is 2.85. The molecule has 0 saturated heterocycles. The van der Waals surface area contributed by atoms with E-state index in [1.54, 1.807) is 25.7 Å². The molecule has 0 amide bonds. The Kier molecular flexibility index (Phi) is 1.80. The summed E-state index contributed by atoms with van der Waals surface area (Å²) in [7, 11) is 0. The van der Waals surface area contributed by atoms with Gasteiger partial charge in [-0.1, -0.05) is 13.8 Å². The molecule has 1 heteroatoms. The van der Waals surface area contributed by atoms with Crippen LogP contribution in [0.4, 0.5) is 0 Å². The Morgan fingerprint density at radius 1 is 1.22 bits per heavy atom. The standard InChI is InChI=1S/C5H8.C3H9N.H2/c1-2-5(1)3-4-5;1-3(2)4;/h1-4H2;3H,4H2,1-2H3;1H. The molecule has 0 aromatic carbocycles. The molecule has 0 radical (unpaired) electrons. The lowest BCUT2D eigenvalue weighted by molar-refractivity contribution is 0.834. The van der Waals surface area contributed by atoms with Crippen molar-refractivity contribution in [1.29, 1.82) is 0 Å². The first-order valence-electron chi connectivity index (χ1n) is 3.90. The Hall–Kier alpha value is -0.0400. The van der Waals surface area contributed by atoms with Crippen LogP contribution in [0.2, 0.25) is 0 Å². The van der Waals surface area contributed by atoms with Gasteiger partial charge in [0.1, 0.15) is 0 Å². The van der Waals surface area contributed by atoms with Crippen molar-refractivity contribution in [2.24, 2.45) is 11.1 Å². The van der Waals surface area contributed by atoms with E-state index in [-0.39, 0.29) is 1.43 Å². The van der Waals surface area contributed by atoms with Crippen LogP contribution in [0.15, 0.2) is 0 Å². The first kappa shape index (κ1) is 7.07. The number of hydrogen-bond acceptors (Lipinski definition) is 1. The van der Waals surface area contributed by atoms with Crippen LogP contribution in [0.1, 0.15) is 41.0 Å². The van der Waals surface area contributed by atoms with E-state index in [4.69, 9.17) is 5.73 Å². The van der Waals surface area contributed by atoms with E-state index in [0.29, 0.717) is 6.04 Å². The van der Waals surface area contributed by atoms with Crippen LogP contribution in [-0.4, -0.2) is 6.04 Å². The minimum absolute atomic E-state index is 0. The molecule has 2 aliphatic rings. The second kappa shape index (κ2) is 2.30. The van der Waals surface area contributed by atoms with Crippen molar-refractivity contribution in [2.45, 2.75) is 45.6 Å². The molecule has 0 aliphatic heterocycles. The fourth-order valence-electron chi connectivity index (χ4n) is 0.854. The highest BCUT2D eigenvalue weighted by atomic mass is 14.6. The van der Waals surface area contributed by atoms with E-state index in [9.17, 15) is 0 Å². The van der Waals surface area contributed by atoms with Crippen LogP contribution >= 0.6 is 0 Å². The Balaban J connectivity index is 0.000000153. The van der Waals surface area contributed by atoms with Crippen LogP contribution < -0.4 is 5.73 Å². The van der Waals surface area contributed by atoms with Crippen molar-refractivity contribution >= 4 is 0 Å². The third-order valence-electron chi connectivity index (χ3n) is 1.91. The molecule has 56 valence electrons. The molecule has 9 heavy (non-hydrogen) atoms. The molecule has 0 atom stereocenters. The van der Waals surface area contributed by atoms with E-state index >= 15 is 0 Å². The van der Waals surface area contributed by atoms with Crippen molar-refractivity contribution in [3.8, 4) is 0 Å². The topological polar surface area (TPSA) is 26.0 Å². The summed E-state index contributed by atoms with van der Waals surface area (Å²) in [6.07, 6.45) is 6.25. The van der Waals surface area contributed by atoms with Gasteiger partial charge in [-0.05, 0) is 37.1 Å². The van der Waals surface area contributed by atoms with Crippen LogP contribution in [0, 0.1) is 5.41 Å². The molecule has 0 heterocycles. The normalized spacial score (nSPS) is 25.3. The molecule has 2 aliphatic carbocycles. The van der Waals surface area contributed by atoms with Gasteiger partial charge in [-0.15, -0.1) is 0 Å². The summed E-state index contributed by atoms with van der Waals surface area (Å²) in [4.78, 5) is 0. The summed E-state index contributed by atoms with van der Waals surface area (Å²) in [5, 5.41) is 0. The van der Waals surface area contributed by atoms with Gasteiger partial charge >= 0.3 is 0 Å². The number of nitrogens with two attached hydrogens (primary N) is 1. The summed E-state index contributed by atoms with van der Waals surface area (Å²) < 4.78 is 0. The van der Waals surface area contributed by atoms with E-state index in [1.807, 2.05) is 13.8 Å². The summed E-state index contributed by atoms with van der Waals surface area (Å²) in [6.45, 7) is 3.89. The average molecular weight is 129 g/mol. The SMILES string of the molecule is C1CC12CC2.CC(C)N.[HH]. The molecule has 2 saturated carbocycles. The first-order valence-corrected chi connectivity index (χ1v) is 3.90. The Morgan fingerprint density at radius 3 is 1.44 bits per heavy atom. The summed E-state index contributed by atoms with van der Waals surface area (Å²) in [5.74, 6) is 0. The van der Waals surface area contributed by atoms with Gasteiger partial charge in [0, 0.05) is 1.43 Å². The number of hydrogen-bond donors (Lipinski definition) is 1. The zero-order chi connectivity index (χ0) is 6.91. The Labute approximate surface area is 59.1 Å². The highest BCUT2D eigenvalue weighted by Gasteiger charge is 2.52. The van der Waals surface area contributed by atoms with Crippen molar-refractivity contribution in [3.63, 3.8) is 0 Å². The Bertz CT molecular complexity index is 77.2. The maximum atomic E-state index is 5.11. The van der Waals surface area contributed by atoms with E-state index in [2.05, 4.69) is 0 Å². The molecular formula is C8H19N. The molecule has 0 bridgehead atoms. The van der Waals surface area contributed by atoms with Gasteiger partial charge in [0.15, 0.2) is 0 Å². The van der Waals surface area contributed by atoms with Crippen molar-refractivity contribution in [1.82, 2.24) is 0 Å². The third-order valence-corrected chi connectivity index (χ3v) is 1.91. The zero-order valence-electron chi connectivity index (χ0n) is 6.48. The molecule has 0 unspecified atom stereocenters. The molecule has 2 fully saturated rings. The average Bonchev–Trinajstić information content (AvgIpc) is 2.49. The maximum Gasteiger partial charge on any atom is 0 e. The van der Waals surface area contributed by atoms with E-state index in [1.165, 1.54) is 0 Å². The zero-order valence-corrected chi connectivity index (χ0v) is 6.48. The van der Waals surface area contributed by atoms with E-state index < -0.39 is 0 Å². The van der Waals surface area contributed by atoms with Gasteiger partial charge < -0.3 is 5.73 Å². The highest BCUT2D eigenvalue weighted by molar-refractivity contribution is 5.04. The van der Waals surface area contributed by atoms with Gasteiger partial charge in [-0.2, -0.15) is 0 Å². The molecule has 1 nitrogen and oxygen atoms in total. The van der Waals surface area contributed by atoms with Crippen LogP contribution in [-0.2, 0) is 0 Å². The van der Waals surface area contributed by atoms with Crippen LogP contribution in [0.3, 0.4) is 0 Å². The quantitative estimate of drug-likeness (QED) is 0.533. The van der Waals surface area contributed by atoms with Crippen molar-refractivity contribution in [2.75, 3.05) is 0 Å². The monoisotopic (exact) mass is 129 g/mol. The largest absolute Gasteiger partial charge is 0.328 e.